The van der Waals surface area contributed by atoms with Gasteiger partial charge >= 0.3 is 0 Å². The van der Waals surface area contributed by atoms with Crippen LogP contribution in [0.15, 0.2) is 30.5 Å². The molecule has 6 nitrogen and oxygen atoms in total. The van der Waals surface area contributed by atoms with Gasteiger partial charge in [-0.05, 0) is 43.9 Å². The molecule has 142 valence electrons. The molecule has 4 rings (SSSR count). The first kappa shape index (κ1) is 18.2. The van der Waals surface area contributed by atoms with Gasteiger partial charge in [-0.15, -0.1) is 0 Å². The third kappa shape index (κ3) is 3.77. The molecule has 7 heteroatoms. The van der Waals surface area contributed by atoms with Crippen molar-refractivity contribution in [3.05, 3.63) is 41.3 Å². The normalized spacial score (nSPS) is 20.3. The average molecular weight is 385 g/mol. The monoisotopic (exact) mass is 384 g/mol. The molecule has 0 amide bonds. The highest BCUT2D eigenvalue weighted by Crippen LogP contribution is 2.28. The Bertz CT molecular complexity index is 943. The highest BCUT2D eigenvalue weighted by Gasteiger charge is 2.22. The summed E-state index contributed by atoms with van der Waals surface area (Å²) < 4.78 is 1.83. The Morgan fingerprint density at radius 1 is 1.19 bits per heavy atom. The first-order valence-corrected chi connectivity index (χ1v) is 9.93. The van der Waals surface area contributed by atoms with Crippen LogP contribution in [0.25, 0.3) is 16.7 Å². The van der Waals surface area contributed by atoms with E-state index in [1.807, 2.05) is 35.1 Å². The van der Waals surface area contributed by atoms with Crippen molar-refractivity contribution in [3.63, 3.8) is 0 Å². The summed E-state index contributed by atoms with van der Waals surface area (Å²) in [5.74, 6) is 1.89. The van der Waals surface area contributed by atoms with E-state index in [0.717, 1.165) is 54.0 Å². The number of aromatic nitrogens is 4. The number of rotatable bonds is 4. The number of anilines is 1. The zero-order valence-electron chi connectivity index (χ0n) is 15.7. The first-order valence-electron chi connectivity index (χ1n) is 9.55. The molecule has 0 unspecified atom stereocenters. The van der Waals surface area contributed by atoms with E-state index in [1.165, 1.54) is 0 Å². The van der Waals surface area contributed by atoms with Crippen LogP contribution in [0.3, 0.4) is 0 Å². The molecule has 3 N–H and O–H groups in total. The molecule has 1 aromatic carbocycles. The van der Waals surface area contributed by atoms with Gasteiger partial charge in [-0.2, -0.15) is 5.10 Å². The average Bonchev–Trinajstić information content (AvgIpc) is 3.08. The van der Waals surface area contributed by atoms with Crippen LogP contribution in [0.5, 0.6) is 0 Å². The Kier molecular flexibility index (Phi) is 5.02. The van der Waals surface area contributed by atoms with Gasteiger partial charge in [0.2, 0.25) is 0 Å². The molecule has 0 bridgehead atoms. The molecular weight excluding hydrogens is 360 g/mol. The van der Waals surface area contributed by atoms with Crippen LogP contribution in [0.1, 0.15) is 51.3 Å². The van der Waals surface area contributed by atoms with Crippen molar-refractivity contribution in [2.24, 2.45) is 5.73 Å². The lowest BCUT2D eigenvalue weighted by molar-refractivity contribution is 0.410. The summed E-state index contributed by atoms with van der Waals surface area (Å²) >= 11 is 6.17. The van der Waals surface area contributed by atoms with Gasteiger partial charge in [-0.3, -0.25) is 0 Å². The maximum atomic E-state index is 6.17. The zero-order chi connectivity index (χ0) is 19.0. The SMILES string of the molecule is CC(C)c1nc(NC2CCC(N)CC2)c2cnn(-c3cccc(Cl)c3)c2n1. The second-order valence-corrected chi connectivity index (χ2v) is 8.05. The third-order valence-electron chi connectivity index (χ3n) is 5.13. The Labute approximate surface area is 164 Å². The molecule has 1 fully saturated rings. The van der Waals surface area contributed by atoms with Crippen molar-refractivity contribution < 1.29 is 0 Å². The predicted molar refractivity (Wildman–Crippen MR) is 110 cm³/mol. The highest BCUT2D eigenvalue weighted by atomic mass is 35.5. The minimum absolute atomic E-state index is 0.220. The number of nitrogens with two attached hydrogens (primary N) is 1. The van der Waals surface area contributed by atoms with Crippen molar-refractivity contribution in [2.45, 2.75) is 57.5 Å². The molecule has 2 heterocycles. The van der Waals surface area contributed by atoms with E-state index >= 15 is 0 Å². The van der Waals surface area contributed by atoms with Crippen LogP contribution >= 0.6 is 11.6 Å². The maximum absolute atomic E-state index is 6.17. The van der Waals surface area contributed by atoms with E-state index < -0.39 is 0 Å². The molecule has 27 heavy (non-hydrogen) atoms. The number of nitrogens with one attached hydrogen (secondary N) is 1. The largest absolute Gasteiger partial charge is 0.367 e. The molecule has 0 aliphatic heterocycles. The maximum Gasteiger partial charge on any atom is 0.168 e. The lowest BCUT2D eigenvalue weighted by Gasteiger charge is -2.27. The zero-order valence-corrected chi connectivity index (χ0v) is 16.4. The van der Waals surface area contributed by atoms with Gasteiger partial charge in [0.05, 0.1) is 17.3 Å². The van der Waals surface area contributed by atoms with Crippen LogP contribution in [-0.2, 0) is 0 Å². The number of benzene rings is 1. The first-order chi connectivity index (χ1) is 13.0. The number of hydrogen-bond donors (Lipinski definition) is 2. The molecule has 3 aromatic rings. The molecule has 1 saturated carbocycles. The van der Waals surface area contributed by atoms with Crippen LogP contribution in [-0.4, -0.2) is 31.8 Å². The summed E-state index contributed by atoms with van der Waals surface area (Å²) in [5.41, 5.74) is 7.73. The van der Waals surface area contributed by atoms with Crippen molar-refractivity contribution >= 4 is 28.5 Å². The highest BCUT2D eigenvalue weighted by molar-refractivity contribution is 6.30. The van der Waals surface area contributed by atoms with Crippen LogP contribution in [0.4, 0.5) is 5.82 Å². The topological polar surface area (TPSA) is 81.6 Å². The summed E-state index contributed by atoms with van der Waals surface area (Å²) in [5, 5.41) is 9.80. The van der Waals surface area contributed by atoms with Gasteiger partial charge in [0.1, 0.15) is 11.6 Å². The van der Waals surface area contributed by atoms with Crippen molar-refractivity contribution in [3.8, 4) is 5.69 Å². The van der Waals surface area contributed by atoms with Crippen LogP contribution in [0, 0.1) is 0 Å². The summed E-state index contributed by atoms with van der Waals surface area (Å²) in [4.78, 5) is 9.60. The smallest absolute Gasteiger partial charge is 0.168 e. The fourth-order valence-corrected chi connectivity index (χ4v) is 3.73. The number of nitrogens with zero attached hydrogens (tertiary/aromatic N) is 4. The molecule has 0 spiro atoms. The predicted octanol–water partition coefficient (Wildman–Crippen LogP) is 4.27. The quantitative estimate of drug-likeness (QED) is 0.701. The molecule has 1 aliphatic rings. The third-order valence-corrected chi connectivity index (χ3v) is 5.36. The second kappa shape index (κ2) is 7.44. The van der Waals surface area contributed by atoms with Gasteiger partial charge in [-0.1, -0.05) is 31.5 Å². The van der Waals surface area contributed by atoms with E-state index in [0.29, 0.717) is 17.1 Å². The van der Waals surface area contributed by atoms with Crippen LogP contribution in [0.2, 0.25) is 5.02 Å². The summed E-state index contributed by atoms with van der Waals surface area (Å²) in [7, 11) is 0. The minimum Gasteiger partial charge on any atom is -0.367 e. The number of halogens is 1. The van der Waals surface area contributed by atoms with E-state index in [1.54, 1.807) is 0 Å². The van der Waals surface area contributed by atoms with E-state index in [2.05, 4.69) is 24.3 Å². The van der Waals surface area contributed by atoms with Crippen LogP contribution < -0.4 is 11.1 Å². The Morgan fingerprint density at radius 3 is 2.67 bits per heavy atom. The summed E-state index contributed by atoms with van der Waals surface area (Å²) in [6, 6.07) is 8.35. The Balaban J connectivity index is 1.77. The fraction of sp³-hybridized carbons (Fsp3) is 0.450. The molecule has 0 radical (unpaired) electrons. The standard InChI is InChI=1S/C20H25ClN6/c1-12(2)18-25-19(24-15-8-6-14(22)7-9-15)17-11-23-27(20(17)26-18)16-5-3-4-13(21)10-16/h3-5,10-12,14-15H,6-9,22H2,1-2H3,(H,24,25,26). The van der Waals surface area contributed by atoms with Crippen molar-refractivity contribution in [2.75, 3.05) is 5.32 Å². The summed E-state index contributed by atoms with van der Waals surface area (Å²) in [6.45, 7) is 4.20. The second-order valence-electron chi connectivity index (χ2n) is 7.61. The van der Waals surface area contributed by atoms with Crippen molar-refractivity contribution in [1.29, 1.82) is 0 Å². The molecule has 1 aliphatic carbocycles. The minimum atomic E-state index is 0.220. The van der Waals surface area contributed by atoms with Gasteiger partial charge in [0.25, 0.3) is 0 Å². The molecule has 0 saturated heterocycles. The van der Waals surface area contributed by atoms with E-state index in [9.17, 15) is 0 Å². The van der Waals surface area contributed by atoms with E-state index in [4.69, 9.17) is 27.3 Å². The number of hydrogen-bond acceptors (Lipinski definition) is 5. The lowest BCUT2D eigenvalue weighted by atomic mass is 9.92. The Morgan fingerprint density at radius 2 is 1.96 bits per heavy atom. The van der Waals surface area contributed by atoms with Gasteiger partial charge < -0.3 is 11.1 Å². The van der Waals surface area contributed by atoms with Gasteiger partial charge in [-0.25, -0.2) is 14.6 Å². The van der Waals surface area contributed by atoms with Crippen molar-refractivity contribution in [1.82, 2.24) is 19.7 Å². The van der Waals surface area contributed by atoms with Gasteiger partial charge in [0, 0.05) is 23.0 Å². The Hall–Kier alpha value is -2.18. The number of fused-ring (bicyclic) bond motifs is 1. The van der Waals surface area contributed by atoms with E-state index in [-0.39, 0.29) is 5.92 Å². The fourth-order valence-electron chi connectivity index (χ4n) is 3.55. The lowest BCUT2D eigenvalue weighted by Crippen LogP contribution is -2.33. The molecule has 2 aromatic heterocycles. The van der Waals surface area contributed by atoms with Gasteiger partial charge in [0.15, 0.2) is 5.65 Å². The molecular formula is C20H25ClN6. The molecule has 0 atom stereocenters. The summed E-state index contributed by atoms with van der Waals surface area (Å²) in [6.07, 6.45) is 6.05.